The fourth-order valence-electron chi connectivity index (χ4n) is 3.74. The Morgan fingerprint density at radius 2 is 1.92 bits per heavy atom. The maximum atomic E-state index is 12.9. The van der Waals surface area contributed by atoms with Gasteiger partial charge in [-0.3, -0.25) is 9.59 Å². The maximum Gasteiger partial charge on any atom is 0.251 e. The summed E-state index contributed by atoms with van der Waals surface area (Å²) in [6.07, 6.45) is 1.23. The minimum absolute atomic E-state index is 0.0117. The second-order valence-electron chi connectivity index (χ2n) is 7.28. The van der Waals surface area contributed by atoms with Gasteiger partial charge in [-0.25, -0.2) is 0 Å². The average molecular weight is 360 g/mol. The first-order chi connectivity index (χ1) is 12.6. The number of hydrogen-bond acceptors (Lipinski definition) is 4. The molecule has 2 atom stereocenters. The van der Waals surface area contributed by atoms with E-state index < -0.39 is 12.1 Å². The lowest BCUT2D eigenvalue weighted by atomic mass is 9.95. The van der Waals surface area contributed by atoms with Crippen molar-refractivity contribution in [3.05, 3.63) is 35.9 Å². The van der Waals surface area contributed by atoms with Crippen molar-refractivity contribution < 1.29 is 19.1 Å². The topological polar surface area (TPSA) is 67.9 Å². The van der Waals surface area contributed by atoms with E-state index in [-0.39, 0.29) is 24.5 Å². The molecular weight excluding hydrogens is 332 g/mol. The fourth-order valence-corrected chi connectivity index (χ4v) is 3.74. The molecule has 0 aromatic heterocycles. The van der Waals surface area contributed by atoms with E-state index in [0.717, 1.165) is 31.6 Å². The maximum absolute atomic E-state index is 12.9. The Hall–Kier alpha value is -1.92. The highest BCUT2D eigenvalue weighted by Crippen LogP contribution is 2.32. The zero-order valence-corrected chi connectivity index (χ0v) is 15.5. The van der Waals surface area contributed by atoms with Crippen LogP contribution < -0.4 is 5.32 Å². The van der Waals surface area contributed by atoms with Crippen LogP contribution in [0.1, 0.15) is 38.3 Å². The molecule has 6 nitrogen and oxygen atoms in total. The SMILES string of the molecule is CC(C)N1C(=O)CO[C@H](C(=O)NCC2CCOCC2)[C@H]1c1ccccc1. The molecule has 0 unspecified atom stereocenters. The van der Waals surface area contributed by atoms with Crippen LogP contribution in [-0.4, -0.2) is 55.2 Å². The van der Waals surface area contributed by atoms with Crippen LogP contribution in [0.25, 0.3) is 0 Å². The van der Waals surface area contributed by atoms with Crippen molar-refractivity contribution in [2.24, 2.45) is 5.92 Å². The zero-order valence-electron chi connectivity index (χ0n) is 15.5. The van der Waals surface area contributed by atoms with E-state index >= 15 is 0 Å². The molecule has 0 bridgehead atoms. The number of rotatable bonds is 5. The highest BCUT2D eigenvalue weighted by atomic mass is 16.5. The molecule has 1 aromatic rings. The van der Waals surface area contributed by atoms with Crippen LogP contribution in [0, 0.1) is 5.92 Å². The predicted octanol–water partition coefficient (Wildman–Crippen LogP) is 1.91. The first-order valence-corrected chi connectivity index (χ1v) is 9.41. The molecule has 1 aromatic carbocycles. The minimum Gasteiger partial charge on any atom is -0.381 e. The molecule has 2 saturated heterocycles. The van der Waals surface area contributed by atoms with E-state index in [4.69, 9.17) is 9.47 Å². The van der Waals surface area contributed by atoms with Gasteiger partial charge in [0.05, 0.1) is 6.04 Å². The lowest BCUT2D eigenvalue weighted by Gasteiger charge is -2.43. The van der Waals surface area contributed by atoms with Crippen LogP contribution in [0.5, 0.6) is 0 Å². The molecular formula is C20H28N2O4. The van der Waals surface area contributed by atoms with Crippen molar-refractivity contribution in [1.29, 1.82) is 0 Å². The molecule has 2 amide bonds. The van der Waals surface area contributed by atoms with Gasteiger partial charge in [0.1, 0.15) is 6.61 Å². The number of morpholine rings is 1. The van der Waals surface area contributed by atoms with E-state index in [1.807, 2.05) is 44.2 Å². The molecule has 0 radical (unpaired) electrons. The van der Waals surface area contributed by atoms with Gasteiger partial charge in [0.25, 0.3) is 5.91 Å². The Labute approximate surface area is 154 Å². The summed E-state index contributed by atoms with van der Waals surface area (Å²) in [5.74, 6) is 0.208. The Morgan fingerprint density at radius 1 is 1.23 bits per heavy atom. The molecule has 2 aliphatic rings. The average Bonchev–Trinajstić information content (AvgIpc) is 2.67. The summed E-state index contributed by atoms with van der Waals surface area (Å²) in [5.41, 5.74) is 0.917. The van der Waals surface area contributed by atoms with Gasteiger partial charge in [-0.2, -0.15) is 0 Å². The first-order valence-electron chi connectivity index (χ1n) is 9.41. The van der Waals surface area contributed by atoms with Crippen LogP contribution in [0.4, 0.5) is 0 Å². The summed E-state index contributed by atoms with van der Waals surface area (Å²) < 4.78 is 11.1. The van der Waals surface area contributed by atoms with Gasteiger partial charge in [0.15, 0.2) is 6.10 Å². The van der Waals surface area contributed by atoms with Crippen LogP contribution in [0.15, 0.2) is 30.3 Å². The normalized spacial score (nSPS) is 24.7. The van der Waals surface area contributed by atoms with Gasteiger partial charge in [0, 0.05) is 25.8 Å². The second kappa shape index (κ2) is 8.64. The van der Waals surface area contributed by atoms with Gasteiger partial charge in [-0.15, -0.1) is 0 Å². The van der Waals surface area contributed by atoms with E-state index in [0.29, 0.717) is 12.5 Å². The monoisotopic (exact) mass is 360 g/mol. The quantitative estimate of drug-likeness (QED) is 0.871. The Bertz CT molecular complexity index is 613. The summed E-state index contributed by atoms with van der Waals surface area (Å²) in [4.78, 5) is 27.1. The summed E-state index contributed by atoms with van der Waals surface area (Å²) in [6, 6.07) is 9.24. The number of nitrogens with one attached hydrogen (secondary N) is 1. The fraction of sp³-hybridized carbons (Fsp3) is 0.600. The lowest BCUT2D eigenvalue weighted by molar-refractivity contribution is -0.167. The third-order valence-corrected chi connectivity index (χ3v) is 5.12. The van der Waals surface area contributed by atoms with Crippen molar-refractivity contribution >= 4 is 11.8 Å². The van der Waals surface area contributed by atoms with Gasteiger partial charge in [-0.1, -0.05) is 30.3 Å². The zero-order chi connectivity index (χ0) is 18.5. The lowest BCUT2D eigenvalue weighted by Crippen LogP contribution is -2.56. The molecule has 142 valence electrons. The molecule has 3 rings (SSSR count). The van der Waals surface area contributed by atoms with Gasteiger partial charge in [-0.05, 0) is 38.2 Å². The van der Waals surface area contributed by atoms with Crippen LogP contribution in [-0.2, 0) is 19.1 Å². The van der Waals surface area contributed by atoms with Crippen molar-refractivity contribution in [3.63, 3.8) is 0 Å². The van der Waals surface area contributed by atoms with Gasteiger partial charge >= 0.3 is 0 Å². The predicted molar refractivity (Wildman–Crippen MR) is 97.5 cm³/mol. The highest BCUT2D eigenvalue weighted by Gasteiger charge is 2.42. The van der Waals surface area contributed by atoms with Crippen molar-refractivity contribution in [2.75, 3.05) is 26.4 Å². The van der Waals surface area contributed by atoms with Crippen molar-refractivity contribution in [1.82, 2.24) is 10.2 Å². The molecule has 0 spiro atoms. The second-order valence-corrected chi connectivity index (χ2v) is 7.28. The summed E-state index contributed by atoms with van der Waals surface area (Å²) in [6.45, 7) is 6.01. The smallest absolute Gasteiger partial charge is 0.251 e. The molecule has 2 aliphatic heterocycles. The Kier molecular flexibility index (Phi) is 6.27. The number of carbonyl (C=O) groups excluding carboxylic acids is 2. The number of nitrogens with zero attached hydrogens (tertiary/aromatic N) is 1. The van der Waals surface area contributed by atoms with Gasteiger partial charge in [0.2, 0.25) is 5.91 Å². The Morgan fingerprint density at radius 3 is 2.58 bits per heavy atom. The molecule has 6 heteroatoms. The van der Waals surface area contributed by atoms with E-state index in [1.165, 1.54) is 0 Å². The molecule has 1 N–H and O–H groups in total. The molecule has 2 heterocycles. The van der Waals surface area contributed by atoms with E-state index in [9.17, 15) is 9.59 Å². The minimum atomic E-state index is -0.697. The number of hydrogen-bond donors (Lipinski definition) is 1. The van der Waals surface area contributed by atoms with Crippen molar-refractivity contribution in [3.8, 4) is 0 Å². The van der Waals surface area contributed by atoms with Crippen LogP contribution in [0.2, 0.25) is 0 Å². The molecule has 2 fully saturated rings. The summed E-state index contributed by atoms with van der Waals surface area (Å²) in [5, 5.41) is 3.04. The van der Waals surface area contributed by atoms with Crippen molar-refractivity contribution in [2.45, 2.75) is 44.9 Å². The number of benzene rings is 1. The number of ether oxygens (including phenoxy) is 2. The Balaban J connectivity index is 1.76. The standard InChI is InChI=1S/C20H28N2O4/c1-14(2)22-17(23)13-26-19(18(22)16-6-4-3-5-7-16)20(24)21-12-15-8-10-25-11-9-15/h3-7,14-15,18-19H,8-13H2,1-2H3,(H,21,24)/t18-,19+/m1/s1. The van der Waals surface area contributed by atoms with Gasteiger partial charge < -0.3 is 19.7 Å². The summed E-state index contributed by atoms with van der Waals surface area (Å²) >= 11 is 0. The van der Waals surface area contributed by atoms with E-state index in [1.54, 1.807) is 4.90 Å². The van der Waals surface area contributed by atoms with Crippen LogP contribution >= 0.6 is 0 Å². The first kappa shape index (κ1) is 18.9. The third-order valence-electron chi connectivity index (χ3n) is 5.12. The number of carbonyl (C=O) groups is 2. The largest absolute Gasteiger partial charge is 0.381 e. The molecule has 0 aliphatic carbocycles. The number of amides is 2. The third kappa shape index (κ3) is 4.24. The molecule has 26 heavy (non-hydrogen) atoms. The molecule has 0 saturated carbocycles. The summed E-state index contributed by atoms with van der Waals surface area (Å²) in [7, 11) is 0. The highest BCUT2D eigenvalue weighted by molar-refractivity contribution is 5.86. The van der Waals surface area contributed by atoms with E-state index in [2.05, 4.69) is 5.32 Å². The van der Waals surface area contributed by atoms with Crippen LogP contribution in [0.3, 0.4) is 0 Å².